The first kappa shape index (κ1) is 18.6. The lowest BCUT2D eigenvalue weighted by Gasteiger charge is -2.32. The molecule has 0 aliphatic carbocycles. The van der Waals surface area contributed by atoms with Gasteiger partial charge in [0.05, 0.1) is 12.6 Å². The largest absolute Gasteiger partial charge is 0.450 e. The molecule has 134 valence electrons. The molecule has 1 unspecified atom stereocenters. The summed E-state index contributed by atoms with van der Waals surface area (Å²) in [6, 6.07) is 4.01. The highest BCUT2D eigenvalue weighted by Gasteiger charge is 2.26. The van der Waals surface area contributed by atoms with Gasteiger partial charge in [0.2, 0.25) is 0 Å². The molecule has 7 heteroatoms. The van der Waals surface area contributed by atoms with E-state index in [1.165, 1.54) is 0 Å². The molecule has 3 amide bonds. The first-order valence-corrected chi connectivity index (χ1v) is 9.41. The molecule has 24 heavy (non-hydrogen) atoms. The lowest BCUT2D eigenvalue weighted by molar-refractivity contribution is 0.0957. The monoisotopic (exact) mass is 353 g/mol. The maximum atomic E-state index is 12.3. The van der Waals surface area contributed by atoms with Crippen LogP contribution in [0.25, 0.3) is 0 Å². The Morgan fingerprint density at radius 3 is 2.62 bits per heavy atom. The molecular formula is C17H27N3O3S. The summed E-state index contributed by atoms with van der Waals surface area (Å²) < 4.78 is 5.01. The third-order valence-corrected chi connectivity index (χ3v) is 5.11. The number of hydrogen-bond donors (Lipinski definition) is 2. The van der Waals surface area contributed by atoms with Gasteiger partial charge in [-0.3, -0.25) is 0 Å². The number of thiophene rings is 1. The van der Waals surface area contributed by atoms with Crippen molar-refractivity contribution in [3.05, 3.63) is 22.4 Å². The van der Waals surface area contributed by atoms with E-state index in [-0.39, 0.29) is 24.2 Å². The molecule has 0 spiro atoms. The number of urea groups is 1. The maximum absolute atomic E-state index is 12.3. The number of piperidine rings is 1. The van der Waals surface area contributed by atoms with Gasteiger partial charge in [-0.2, -0.15) is 0 Å². The fourth-order valence-electron chi connectivity index (χ4n) is 2.82. The fraction of sp³-hybridized carbons (Fsp3) is 0.647. The zero-order valence-corrected chi connectivity index (χ0v) is 15.4. The van der Waals surface area contributed by atoms with Crippen LogP contribution in [0.5, 0.6) is 0 Å². The van der Waals surface area contributed by atoms with Crippen LogP contribution in [0.1, 0.15) is 44.5 Å². The molecule has 2 heterocycles. The highest BCUT2D eigenvalue weighted by molar-refractivity contribution is 7.10. The smallest absolute Gasteiger partial charge is 0.409 e. The molecule has 1 aliphatic rings. The van der Waals surface area contributed by atoms with Crippen molar-refractivity contribution in [3.8, 4) is 0 Å². The van der Waals surface area contributed by atoms with Crippen LogP contribution in [-0.2, 0) is 4.74 Å². The summed E-state index contributed by atoms with van der Waals surface area (Å²) in [7, 11) is 0. The van der Waals surface area contributed by atoms with Crippen LogP contribution in [0.15, 0.2) is 17.5 Å². The molecule has 0 radical (unpaired) electrons. The van der Waals surface area contributed by atoms with Gasteiger partial charge in [-0.1, -0.05) is 19.9 Å². The van der Waals surface area contributed by atoms with Gasteiger partial charge in [0.15, 0.2) is 0 Å². The fourth-order valence-corrected chi connectivity index (χ4v) is 3.77. The predicted octanol–water partition coefficient (Wildman–Crippen LogP) is 3.37. The average Bonchev–Trinajstić information content (AvgIpc) is 3.07. The van der Waals surface area contributed by atoms with E-state index in [1.54, 1.807) is 23.2 Å². The number of likely N-dealkylation sites (tertiary alicyclic amines) is 1. The molecule has 1 aromatic rings. The Hall–Kier alpha value is -1.76. The normalized spacial score (nSPS) is 16.8. The molecule has 1 saturated heterocycles. The maximum Gasteiger partial charge on any atom is 0.409 e. The third-order valence-electron chi connectivity index (χ3n) is 4.16. The number of nitrogens with one attached hydrogen (secondary N) is 2. The van der Waals surface area contributed by atoms with E-state index >= 15 is 0 Å². The van der Waals surface area contributed by atoms with Crippen molar-refractivity contribution >= 4 is 23.5 Å². The van der Waals surface area contributed by atoms with Crippen LogP contribution in [0, 0.1) is 5.92 Å². The van der Waals surface area contributed by atoms with E-state index in [0.29, 0.717) is 25.6 Å². The SMILES string of the molecule is CCOC(=O)N1CCC(NC(=O)NC(c2cccs2)C(C)C)CC1. The van der Waals surface area contributed by atoms with E-state index in [0.717, 1.165) is 17.7 Å². The molecule has 2 N–H and O–H groups in total. The molecule has 6 nitrogen and oxygen atoms in total. The molecule has 1 fully saturated rings. The van der Waals surface area contributed by atoms with Crippen molar-refractivity contribution in [1.29, 1.82) is 0 Å². The minimum Gasteiger partial charge on any atom is -0.450 e. The van der Waals surface area contributed by atoms with Crippen molar-refractivity contribution in [2.75, 3.05) is 19.7 Å². The number of amides is 3. The third kappa shape index (κ3) is 5.12. The summed E-state index contributed by atoms with van der Waals surface area (Å²) in [5, 5.41) is 8.13. The quantitative estimate of drug-likeness (QED) is 0.853. The number of hydrogen-bond acceptors (Lipinski definition) is 4. The van der Waals surface area contributed by atoms with Gasteiger partial charge >= 0.3 is 12.1 Å². The number of nitrogens with zero attached hydrogens (tertiary/aromatic N) is 1. The van der Waals surface area contributed by atoms with E-state index in [9.17, 15) is 9.59 Å². The summed E-state index contributed by atoms with van der Waals surface area (Å²) in [5.74, 6) is 0.320. The Labute approximate surface area is 147 Å². The topological polar surface area (TPSA) is 70.7 Å². The lowest BCUT2D eigenvalue weighted by atomic mass is 10.0. The van der Waals surface area contributed by atoms with Gasteiger partial charge in [0.1, 0.15) is 0 Å². The van der Waals surface area contributed by atoms with Gasteiger partial charge < -0.3 is 20.3 Å². The number of carbonyl (C=O) groups is 2. The first-order valence-electron chi connectivity index (χ1n) is 8.53. The van der Waals surface area contributed by atoms with Gasteiger partial charge in [0.25, 0.3) is 0 Å². The Balaban J connectivity index is 1.80. The van der Waals surface area contributed by atoms with Crippen molar-refractivity contribution < 1.29 is 14.3 Å². The van der Waals surface area contributed by atoms with Crippen molar-refractivity contribution in [2.24, 2.45) is 5.92 Å². The van der Waals surface area contributed by atoms with Crippen LogP contribution in [0.2, 0.25) is 0 Å². The lowest BCUT2D eigenvalue weighted by Crippen LogP contribution is -2.50. The number of ether oxygens (including phenoxy) is 1. The highest BCUT2D eigenvalue weighted by atomic mass is 32.1. The second kappa shape index (κ2) is 8.92. The summed E-state index contributed by atoms with van der Waals surface area (Å²) in [4.78, 5) is 26.9. The summed E-state index contributed by atoms with van der Waals surface area (Å²) in [6.07, 6.45) is 1.23. The Morgan fingerprint density at radius 1 is 1.38 bits per heavy atom. The van der Waals surface area contributed by atoms with Crippen molar-refractivity contribution in [3.63, 3.8) is 0 Å². The van der Waals surface area contributed by atoms with Crippen LogP contribution in [-0.4, -0.2) is 42.8 Å². The summed E-state index contributed by atoms with van der Waals surface area (Å²) >= 11 is 1.65. The number of carbonyl (C=O) groups excluding carboxylic acids is 2. The van der Waals surface area contributed by atoms with Gasteiger partial charge in [-0.25, -0.2) is 9.59 Å². The number of rotatable bonds is 5. The zero-order chi connectivity index (χ0) is 17.5. The Morgan fingerprint density at radius 2 is 2.08 bits per heavy atom. The van der Waals surface area contributed by atoms with Crippen molar-refractivity contribution in [2.45, 2.75) is 45.7 Å². The van der Waals surface area contributed by atoms with Crippen LogP contribution in [0.4, 0.5) is 9.59 Å². The molecule has 1 atom stereocenters. The molecule has 0 aromatic carbocycles. The van der Waals surface area contributed by atoms with E-state index in [2.05, 4.69) is 24.5 Å². The molecule has 1 aliphatic heterocycles. The standard InChI is InChI=1S/C17H27N3O3S/c1-4-23-17(22)20-9-7-13(8-10-20)18-16(21)19-15(12(2)3)14-6-5-11-24-14/h5-6,11-13,15H,4,7-10H2,1-3H3,(H2,18,19,21). The first-order chi connectivity index (χ1) is 11.5. The van der Waals surface area contributed by atoms with Gasteiger partial charge in [-0.05, 0) is 37.1 Å². The molecule has 0 saturated carbocycles. The molecular weight excluding hydrogens is 326 g/mol. The molecule has 2 rings (SSSR count). The Bertz CT molecular complexity index is 525. The molecule has 1 aromatic heterocycles. The zero-order valence-electron chi connectivity index (χ0n) is 14.6. The highest BCUT2D eigenvalue weighted by Crippen LogP contribution is 2.25. The second-order valence-electron chi connectivity index (χ2n) is 6.32. The van der Waals surface area contributed by atoms with Crippen molar-refractivity contribution in [1.82, 2.24) is 15.5 Å². The van der Waals surface area contributed by atoms with Crippen LogP contribution < -0.4 is 10.6 Å². The van der Waals surface area contributed by atoms with E-state index in [1.807, 2.05) is 17.5 Å². The average molecular weight is 353 g/mol. The van der Waals surface area contributed by atoms with E-state index < -0.39 is 0 Å². The summed E-state index contributed by atoms with van der Waals surface area (Å²) in [5.41, 5.74) is 0. The van der Waals surface area contributed by atoms with Gasteiger partial charge in [-0.15, -0.1) is 11.3 Å². The van der Waals surface area contributed by atoms with E-state index in [4.69, 9.17) is 4.74 Å². The minimum atomic E-state index is -0.266. The van der Waals surface area contributed by atoms with Crippen LogP contribution in [0.3, 0.4) is 0 Å². The van der Waals surface area contributed by atoms with Gasteiger partial charge in [0, 0.05) is 24.0 Å². The molecule has 0 bridgehead atoms. The Kier molecular flexibility index (Phi) is 6.90. The summed E-state index contributed by atoms with van der Waals surface area (Å²) in [6.45, 7) is 7.61. The minimum absolute atomic E-state index is 0.0182. The van der Waals surface area contributed by atoms with Crippen LogP contribution >= 0.6 is 11.3 Å². The predicted molar refractivity (Wildman–Crippen MR) is 95.2 cm³/mol. The second-order valence-corrected chi connectivity index (χ2v) is 7.29.